The van der Waals surface area contributed by atoms with E-state index in [1.807, 2.05) is 24.3 Å². The lowest BCUT2D eigenvalue weighted by molar-refractivity contribution is 0.122. The summed E-state index contributed by atoms with van der Waals surface area (Å²) in [6.07, 6.45) is 1.36. The molecule has 2 aromatic carbocycles. The summed E-state index contributed by atoms with van der Waals surface area (Å²) in [7, 11) is 0. The van der Waals surface area contributed by atoms with Crippen LogP contribution < -0.4 is 10.2 Å². The standard InChI is InChI=1S/C19H19F2N3OS/c20-15-3-6-18(17(21)11-15)22-13-23-19(12-26)14-1-4-16(5-2-14)24-7-9-25-10-8-24/h1-6,11-13,26H,7-10H2,(H,22,23)/b19-12-. The van der Waals surface area contributed by atoms with Gasteiger partial charge >= 0.3 is 0 Å². The summed E-state index contributed by atoms with van der Waals surface area (Å²) in [5, 5.41) is 4.58. The van der Waals surface area contributed by atoms with Gasteiger partial charge in [-0.15, -0.1) is 12.6 Å². The van der Waals surface area contributed by atoms with Crippen molar-refractivity contribution in [1.82, 2.24) is 5.32 Å². The van der Waals surface area contributed by atoms with E-state index < -0.39 is 11.6 Å². The zero-order chi connectivity index (χ0) is 18.4. The van der Waals surface area contributed by atoms with Crippen LogP contribution in [0.4, 0.5) is 20.2 Å². The average molecular weight is 375 g/mol. The van der Waals surface area contributed by atoms with Gasteiger partial charge in [0.15, 0.2) is 5.82 Å². The molecule has 1 saturated heterocycles. The maximum atomic E-state index is 13.6. The predicted octanol–water partition coefficient (Wildman–Crippen LogP) is 3.98. The normalized spacial score (nSPS) is 15.5. The van der Waals surface area contributed by atoms with Crippen molar-refractivity contribution in [3.05, 3.63) is 65.1 Å². The van der Waals surface area contributed by atoms with E-state index in [0.717, 1.165) is 49.7 Å². The van der Waals surface area contributed by atoms with E-state index in [-0.39, 0.29) is 5.69 Å². The Balaban J connectivity index is 1.66. The largest absolute Gasteiger partial charge is 0.378 e. The Morgan fingerprint density at radius 3 is 2.50 bits per heavy atom. The highest BCUT2D eigenvalue weighted by molar-refractivity contribution is 7.83. The molecule has 0 aliphatic carbocycles. The fourth-order valence-electron chi connectivity index (χ4n) is 2.63. The average Bonchev–Trinajstić information content (AvgIpc) is 2.68. The molecule has 136 valence electrons. The fraction of sp³-hybridized carbons (Fsp3) is 0.211. The zero-order valence-electron chi connectivity index (χ0n) is 14.0. The summed E-state index contributed by atoms with van der Waals surface area (Å²) in [6, 6.07) is 11.3. The van der Waals surface area contributed by atoms with Crippen LogP contribution >= 0.6 is 12.6 Å². The molecule has 0 aromatic heterocycles. The molecule has 26 heavy (non-hydrogen) atoms. The molecule has 0 atom stereocenters. The van der Waals surface area contributed by atoms with Gasteiger partial charge in [0, 0.05) is 24.8 Å². The Labute approximate surface area is 156 Å². The van der Waals surface area contributed by atoms with Crippen molar-refractivity contribution >= 4 is 36.0 Å². The zero-order valence-corrected chi connectivity index (χ0v) is 14.9. The summed E-state index contributed by atoms with van der Waals surface area (Å²) in [5.41, 5.74) is 2.83. The number of morpholine rings is 1. The molecule has 4 nitrogen and oxygen atoms in total. The minimum atomic E-state index is -0.714. The van der Waals surface area contributed by atoms with Gasteiger partial charge in [0.05, 0.1) is 25.2 Å². The molecule has 0 bridgehead atoms. The number of anilines is 1. The summed E-state index contributed by atoms with van der Waals surface area (Å²) in [5.74, 6) is -1.35. The summed E-state index contributed by atoms with van der Waals surface area (Å²) >= 11 is 4.21. The number of benzene rings is 2. The van der Waals surface area contributed by atoms with E-state index in [2.05, 4.69) is 27.8 Å². The highest BCUT2D eigenvalue weighted by Gasteiger charge is 2.11. The van der Waals surface area contributed by atoms with Gasteiger partial charge in [0.1, 0.15) is 11.5 Å². The summed E-state index contributed by atoms with van der Waals surface area (Å²) < 4.78 is 31.8. The number of nitrogens with one attached hydrogen (secondary N) is 1. The first-order valence-corrected chi connectivity index (χ1v) is 8.70. The van der Waals surface area contributed by atoms with Gasteiger partial charge in [0.2, 0.25) is 0 Å². The Hall–Kier alpha value is -2.38. The minimum Gasteiger partial charge on any atom is -0.378 e. The van der Waals surface area contributed by atoms with Gasteiger partial charge in [-0.3, -0.25) is 0 Å². The first kappa shape index (κ1) is 18.4. The molecule has 0 radical (unpaired) electrons. The molecule has 0 unspecified atom stereocenters. The number of rotatable bonds is 5. The second-order valence-corrected chi connectivity index (χ2v) is 5.95. The molecule has 1 heterocycles. The third-order valence-electron chi connectivity index (χ3n) is 4.02. The molecule has 7 heteroatoms. The predicted molar refractivity (Wildman–Crippen MR) is 104 cm³/mol. The monoisotopic (exact) mass is 375 g/mol. The van der Waals surface area contributed by atoms with Crippen LogP contribution in [0, 0.1) is 11.6 Å². The third-order valence-corrected chi connectivity index (χ3v) is 4.28. The number of hydrogen-bond acceptors (Lipinski definition) is 4. The van der Waals surface area contributed by atoms with Crippen molar-refractivity contribution in [1.29, 1.82) is 0 Å². The van der Waals surface area contributed by atoms with Gasteiger partial charge in [-0.1, -0.05) is 12.1 Å². The Morgan fingerprint density at radius 1 is 1.12 bits per heavy atom. The van der Waals surface area contributed by atoms with Gasteiger partial charge < -0.3 is 15.0 Å². The van der Waals surface area contributed by atoms with Gasteiger partial charge in [-0.2, -0.15) is 0 Å². The number of hydrogen-bond donors (Lipinski definition) is 2. The topological polar surface area (TPSA) is 36.9 Å². The Morgan fingerprint density at radius 2 is 1.85 bits per heavy atom. The van der Waals surface area contributed by atoms with Gasteiger partial charge in [-0.05, 0) is 35.2 Å². The summed E-state index contributed by atoms with van der Waals surface area (Å²) in [4.78, 5) is 6.24. The second kappa shape index (κ2) is 8.82. The number of ether oxygens (including phenoxy) is 1. The van der Waals surface area contributed by atoms with Crippen LogP contribution in [-0.2, 0) is 4.74 Å². The molecule has 2 aromatic rings. The highest BCUT2D eigenvalue weighted by atomic mass is 32.1. The summed E-state index contributed by atoms with van der Waals surface area (Å²) in [6.45, 7) is 3.23. The van der Waals surface area contributed by atoms with Crippen molar-refractivity contribution in [3.8, 4) is 0 Å². The van der Waals surface area contributed by atoms with E-state index in [4.69, 9.17) is 4.74 Å². The fourth-order valence-corrected chi connectivity index (χ4v) is 2.85. The Kier molecular flexibility index (Phi) is 6.25. The molecular formula is C19H19F2N3OS. The van der Waals surface area contributed by atoms with Crippen molar-refractivity contribution < 1.29 is 13.5 Å². The lowest BCUT2D eigenvalue weighted by Crippen LogP contribution is -2.36. The maximum Gasteiger partial charge on any atom is 0.151 e. The van der Waals surface area contributed by atoms with Crippen LogP contribution in [0.15, 0.2) is 52.9 Å². The molecule has 1 aliphatic heterocycles. The SMILES string of the molecule is Fc1ccc(N=CN/C(=C\S)c2ccc(N3CCOCC3)cc2)c(F)c1. The Bertz CT molecular complexity index is 803. The number of halogens is 2. The second-order valence-electron chi connectivity index (χ2n) is 5.69. The molecule has 1 fully saturated rings. The molecule has 3 rings (SSSR count). The minimum absolute atomic E-state index is 0.0556. The third kappa shape index (κ3) is 4.62. The molecule has 0 spiro atoms. The quantitative estimate of drug-likeness (QED) is 0.472. The van der Waals surface area contributed by atoms with Crippen LogP contribution in [0.1, 0.15) is 5.56 Å². The van der Waals surface area contributed by atoms with E-state index >= 15 is 0 Å². The van der Waals surface area contributed by atoms with E-state index in [9.17, 15) is 8.78 Å². The molecule has 1 aliphatic rings. The van der Waals surface area contributed by atoms with E-state index in [1.54, 1.807) is 5.41 Å². The van der Waals surface area contributed by atoms with Crippen molar-refractivity contribution in [2.24, 2.45) is 4.99 Å². The first-order chi connectivity index (χ1) is 12.7. The van der Waals surface area contributed by atoms with E-state index in [1.165, 1.54) is 12.4 Å². The van der Waals surface area contributed by atoms with Crippen LogP contribution in [0.5, 0.6) is 0 Å². The van der Waals surface area contributed by atoms with Crippen molar-refractivity contribution in [2.45, 2.75) is 0 Å². The molecule has 1 N–H and O–H groups in total. The smallest absolute Gasteiger partial charge is 0.151 e. The van der Waals surface area contributed by atoms with E-state index in [0.29, 0.717) is 5.70 Å². The molecule has 0 amide bonds. The van der Waals surface area contributed by atoms with Crippen LogP contribution in [0.25, 0.3) is 5.70 Å². The van der Waals surface area contributed by atoms with Crippen LogP contribution in [0.3, 0.4) is 0 Å². The van der Waals surface area contributed by atoms with Crippen LogP contribution in [-0.4, -0.2) is 32.6 Å². The lowest BCUT2D eigenvalue weighted by Gasteiger charge is -2.29. The maximum absolute atomic E-state index is 13.6. The number of nitrogens with zero attached hydrogens (tertiary/aromatic N) is 2. The number of aliphatic imine (C=N–C) groups is 1. The van der Waals surface area contributed by atoms with Gasteiger partial charge in [0.25, 0.3) is 0 Å². The van der Waals surface area contributed by atoms with Crippen molar-refractivity contribution in [2.75, 3.05) is 31.2 Å². The highest BCUT2D eigenvalue weighted by Crippen LogP contribution is 2.21. The lowest BCUT2D eigenvalue weighted by atomic mass is 10.1. The van der Waals surface area contributed by atoms with Crippen molar-refractivity contribution in [3.63, 3.8) is 0 Å². The van der Waals surface area contributed by atoms with Gasteiger partial charge in [-0.25, -0.2) is 13.8 Å². The van der Waals surface area contributed by atoms with Crippen LogP contribution in [0.2, 0.25) is 0 Å². The molecular weight excluding hydrogens is 356 g/mol. The number of thiol groups is 1. The first-order valence-electron chi connectivity index (χ1n) is 8.19. The molecule has 0 saturated carbocycles.